The van der Waals surface area contributed by atoms with Crippen LogP contribution in [0.1, 0.15) is 34.3 Å². The van der Waals surface area contributed by atoms with E-state index < -0.39 is 0 Å². The van der Waals surface area contributed by atoms with E-state index in [-0.39, 0.29) is 18.5 Å². The summed E-state index contributed by atoms with van der Waals surface area (Å²) in [5.41, 5.74) is 2.48. The molecule has 24 heavy (non-hydrogen) atoms. The van der Waals surface area contributed by atoms with Gasteiger partial charge in [0.15, 0.2) is 0 Å². The van der Waals surface area contributed by atoms with Gasteiger partial charge >= 0.3 is 5.97 Å². The largest absolute Gasteiger partial charge is 0.457 e. The summed E-state index contributed by atoms with van der Waals surface area (Å²) in [6.45, 7) is 1.67. The second-order valence-electron chi connectivity index (χ2n) is 5.82. The van der Waals surface area contributed by atoms with Crippen molar-refractivity contribution < 1.29 is 14.3 Å². The first-order chi connectivity index (χ1) is 11.6. The van der Waals surface area contributed by atoms with Crippen LogP contribution >= 0.6 is 15.9 Å². The third-order valence-corrected chi connectivity index (χ3v) is 4.55. The summed E-state index contributed by atoms with van der Waals surface area (Å²) < 4.78 is 6.32. The number of hydrogen-bond donors (Lipinski definition) is 0. The van der Waals surface area contributed by atoms with Crippen LogP contribution in [0.5, 0.6) is 0 Å². The number of halogens is 1. The van der Waals surface area contributed by atoms with Gasteiger partial charge in [0.1, 0.15) is 6.61 Å². The van der Waals surface area contributed by atoms with Gasteiger partial charge in [0, 0.05) is 24.0 Å². The SMILES string of the molecule is O=C(OCc1ccc(Br)cc1)c1ccc(CN2CCCC2=O)cc1. The second-order valence-corrected chi connectivity index (χ2v) is 6.73. The van der Waals surface area contributed by atoms with E-state index in [2.05, 4.69) is 15.9 Å². The molecule has 2 aromatic rings. The van der Waals surface area contributed by atoms with Crippen LogP contribution in [-0.4, -0.2) is 23.3 Å². The Morgan fingerprint density at radius 3 is 2.33 bits per heavy atom. The van der Waals surface area contributed by atoms with E-state index in [1.54, 1.807) is 12.1 Å². The van der Waals surface area contributed by atoms with Gasteiger partial charge in [-0.3, -0.25) is 4.79 Å². The van der Waals surface area contributed by atoms with Crippen molar-refractivity contribution in [3.63, 3.8) is 0 Å². The molecule has 3 rings (SSSR count). The first-order valence-electron chi connectivity index (χ1n) is 7.90. The monoisotopic (exact) mass is 387 g/mol. The molecule has 4 nitrogen and oxygen atoms in total. The van der Waals surface area contributed by atoms with Gasteiger partial charge in [0.05, 0.1) is 5.56 Å². The molecule has 1 fully saturated rings. The van der Waals surface area contributed by atoms with Gasteiger partial charge < -0.3 is 9.64 Å². The number of esters is 1. The minimum Gasteiger partial charge on any atom is -0.457 e. The molecule has 0 bridgehead atoms. The summed E-state index contributed by atoms with van der Waals surface area (Å²) in [6.07, 6.45) is 1.57. The number of hydrogen-bond acceptors (Lipinski definition) is 3. The molecule has 5 heteroatoms. The van der Waals surface area contributed by atoms with Gasteiger partial charge in [0.25, 0.3) is 0 Å². The Balaban J connectivity index is 1.55. The average Bonchev–Trinajstić information content (AvgIpc) is 3.00. The van der Waals surface area contributed by atoms with Crippen molar-refractivity contribution in [2.75, 3.05) is 6.54 Å². The molecular formula is C19H18BrNO3. The molecule has 0 N–H and O–H groups in total. The molecule has 0 saturated carbocycles. The zero-order chi connectivity index (χ0) is 16.9. The normalized spacial score (nSPS) is 14.0. The lowest BCUT2D eigenvalue weighted by Crippen LogP contribution is -2.23. The van der Waals surface area contributed by atoms with Crippen molar-refractivity contribution in [2.45, 2.75) is 26.0 Å². The van der Waals surface area contributed by atoms with Crippen LogP contribution in [0.4, 0.5) is 0 Å². The first-order valence-corrected chi connectivity index (χ1v) is 8.69. The van der Waals surface area contributed by atoms with E-state index in [0.717, 1.165) is 28.6 Å². The Kier molecular flexibility index (Phi) is 5.30. The molecule has 0 radical (unpaired) electrons. The van der Waals surface area contributed by atoms with Crippen LogP contribution in [0, 0.1) is 0 Å². The molecule has 2 aromatic carbocycles. The van der Waals surface area contributed by atoms with Gasteiger partial charge in [-0.25, -0.2) is 4.79 Å². The van der Waals surface area contributed by atoms with Crippen LogP contribution in [0.2, 0.25) is 0 Å². The predicted octanol–water partition coefficient (Wildman–Crippen LogP) is 3.93. The van der Waals surface area contributed by atoms with Crippen molar-refractivity contribution in [3.05, 3.63) is 69.7 Å². The molecular weight excluding hydrogens is 370 g/mol. The minimum absolute atomic E-state index is 0.202. The van der Waals surface area contributed by atoms with Crippen LogP contribution in [0.3, 0.4) is 0 Å². The van der Waals surface area contributed by atoms with E-state index in [4.69, 9.17) is 4.74 Å². The fraction of sp³-hybridized carbons (Fsp3) is 0.263. The maximum Gasteiger partial charge on any atom is 0.338 e. The zero-order valence-corrected chi connectivity index (χ0v) is 14.8. The zero-order valence-electron chi connectivity index (χ0n) is 13.2. The van der Waals surface area contributed by atoms with Gasteiger partial charge in [-0.15, -0.1) is 0 Å². The highest BCUT2D eigenvalue weighted by molar-refractivity contribution is 9.10. The number of nitrogens with zero attached hydrogens (tertiary/aromatic N) is 1. The molecule has 0 spiro atoms. The van der Waals surface area contributed by atoms with Gasteiger partial charge in [-0.05, 0) is 41.8 Å². The van der Waals surface area contributed by atoms with Crippen LogP contribution in [0.15, 0.2) is 53.0 Å². The average molecular weight is 388 g/mol. The van der Waals surface area contributed by atoms with E-state index in [1.807, 2.05) is 41.3 Å². The fourth-order valence-corrected chi connectivity index (χ4v) is 2.91. The topological polar surface area (TPSA) is 46.6 Å². The molecule has 0 atom stereocenters. The third-order valence-electron chi connectivity index (χ3n) is 4.02. The molecule has 0 aliphatic carbocycles. The molecule has 1 heterocycles. The Hall–Kier alpha value is -2.14. The summed E-state index contributed by atoms with van der Waals surface area (Å²) in [5.74, 6) is -0.144. The van der Waals surface area contributed by atoms with Crippen LogP contribution < -0.4 is 0 Å². The number of carbonyl (C=O) groups excluding carboxylic acids is 2. The third kappa shape index (κ3) is 4.23. The standard InChI is InChI=1S/C19H18BrNO3/c20-17-9-5-15(6-10-17)13-24-19(23)16-7-3-14(4-8-16)12-21-11-1-2-18(21)22/h3-10H,1-2,11-13H2. The van der Waals surface area contributed by atoms with Crippen LogP contribution in [-0.2, 0) is 22.7 Å². The maximum absolute atomic E-state index is 12.1. The highest BCUT2D eigenvalue weighted by Crippen LogP contribution is 2.16. The summed E-state index contributed by atoms with van der Waals surface area (Å²) in [7, 11) is 0. The van der Waals surface area contributed by atoms with E-state index in [9.17, 15) is 9.59 Å². The van der Waals surface area contributed by atoms with Gasteiger partial charge in [-0.2, -0.15) is 0 Å². The molecule has 0 aromatic heterocycles. The molecule has 1 saturated heterocycles. The Labute approximate surface area is 149 Å². The number of amides is 1. The fourth-order valence-electron chi connectivity index (χ4n) is 2.65. The highest BCUT2D eigenvalue weighted by atomic mass is 79.9. The lowest BCUT2D eigenvalue weighted by Gasteiger charge is -2.15. The lowest BCUT2D eigenvalue weighted by atomic mass is 10.1. The lowest BCUT2D eigenvalue weighted by molar-refractivity contribution is -0.128. The molecule has 1 aliphatic heterocycles. The summed E-state index contributed by atoms with van der Waals surface area (Å²) in [6, 6.07) is 14.9. The van der Waals surface area contributed by atoms with Crippen molar-refractivity contribution in [1.82, 2.24) is 4.90 Å². The number of carbonyl (C=O) groups is 2. The van der Waals surface area contributed by atoms with Crippen molar-refractivity contribution >= 4 is 27.8 Å². The van der Waals surface area contributed by atoms with E-state index >= 15 is 0 Å². The van der Waals surface area contributed by atoms with Crippen molar-refractivity contribution in [3.8, 4) is 0 Å². The van der Waals surface area contributed by atoms with Crippen molar-refractivity contribution in [1.29, 1.82) is 0 Å². The van der Waals surface area contributed by atoms with Crippen LogP contribution in [0.25, 0.3) is 0 Å². The number of likely N-dealkylation sites (tertiary alicyclic amines) is 1. The highest BCUT2D eigenvalue weighted by Gasteiger charge is 2.20. The predicted molar refractivity (Wildman–Crippen MR) is 94.4 cm³/mol. The van der Waals surface area contributed by atoms with Gasteiger partial charge in [0.2, 0.25) is 5.91 Å². The number of rotatable bonds is 5. The summed E-state index contributed by atoms with van der Waals surface area (Å²) in [5, 5.41) is 0. The molecule has 0 unspecified atom stereocenters. The Bertz CT molecular complexity index is 725. The molecule has 1 amide bonds. The van der Waals surface area contributed by atoms with Gasteiger partial charge in [-0.1, -0.05) is 40.2 Å². The Morgan fingerprint density at radius 1 is 1.04 bits per heavy atom. The van der Waals surface area contributed by atoms with E-state index in [1.165, 1.54) is 0 Å². The summed E-state index contributed by atoms with van der Waals surface area (Å²) in [4.78, 5) is 25.6. The second kappa shape index (κ2) is 7.62. The number of ether oxygens (including phenoxy) is 1. The first kappa shape index (κ1) is 16.7. The number of benzene rings is 2. The summed E-state index contributed by atoms with van der Waals surface area (Å²) >= 11 is 3.37. The smallest absolute Gasteiger partial charge is 0.338 e. The molecule has 1 aliphatic rings. The molecule has 124 valence electrons. The quantitative estimate of drug-likeness (QED) is 0.730. The minimum atomic E-state index is -0.346. The Morgan fingerprint density at radius 2 is 1.71 bits per heavy atom. The maximum atomic E-state index is 12.1. The van der Waals surface area contributed by atoms with Crippen molar-refractivity contribution in [2.24, 2.45) is 0 Å². The van der Waals surface area contributed by atoms with E-state index in [0.29, 0.717) is 18.5 Å².